The van der Waals surface area contributed by atoms with Crippen LogP contribution in [0.5, 0.6) is 5.75 Å². The Balaban J connectivity index is 1.52. The summed E-state index contributed by atoms with van der Waals surface area (Å²) >= 11 is 0. The van der Waals surface area contributed by atoms with Crippen LogP contribution in [0.4, 0.5) is 0 Å². The number of benzene rings is 1. The van der Waals surface area contributed by atoms with Crippen molar-refractivity contribution in [3.63, 3.8) is 0 Å². The molecule has 3 rings (SSSR count). The molecule has 114 valence electrons. The van der Waals surface area contributed by atoms with Crippen molar-refractivity contribution in [2.45, 2.75) is 51.5 Å². The molecular formula is C18H25NO2. The van der Waals surface area contributed by atoms with Gasteiger partial charge in [-0.3, -0.25) is 9.69 Å². The maximum absolute atomic E-state index is 11.8. The van der Waals surface area contributed by atoms with Gasteiger partial charge in [0.2, 0.25) is 0 Å². The predicted octanol–water partition coefficient (Wildman–Crippen LogP) is 3.77. The lowest BCUT2D eigenvalue weighted by atomic mass is 9.86. The molecule has 1 aromatic carbocycles. The van der Waals surface area contributed by atoms with Crippen LogP contribution >= 0.6 is 0 Å². The zero-order valence-electron chi connectivity index (χ0n) is 12.7. The monoisotopic (exact) mass is 287 g/mol. The summed E-state index contributed by atoms with van der Waals surface area (Å²) in [4.78, 5) is 14.3. The lowest BCUT2D eigenvalue weighted by molar-refractivity contribution is -0.141. The second-order valence-corrected chi connectivity index (χ2v) is 6.38. The van der Waals surface area contributed by atoms with Gasteiger partial charge in [0.15, 0.2) is 0 Å². The molecule has 0 atom stereocenters. The zero-order valence-corrected chi connectivity index (χ0v) is 12.7. The SMILES string of the molecule is O=C(Oc1ccc(CN2CCCCCC2)cc1)C1CCC1. The highest BCUT2D eigenvalue weighted by molar-refractivity contribution is 5.75. The summed E-state index contributed by atoms with van der Waals surface area (Å²) < 4.78 is 5.43. The molecule has 1 aliphatic heterocycles. The fourth-order valence-corrected chi connectivity index (χ4v) is 3.06. The van der Waals surface area contributed by atoms with Gasteiger partial charge >= 0.3 is 5.97 Å². The van der Waals surface area contributed by atoms with Crippen molar-refractivity contribution in [2.24, 2.45) is 5.92 Å². The number of rotatable bonds is 4. The molecule has 3 nitrogen and oxygen atoms in total. The average molecular weight is 287 g/mol. The van der Waals surface area contributed by atoms with Gasteiger partial charge in [-0.1, -0.05) is 31.4 Å². The molecule has 0 N–H and O–H groups in total. The first-order chi connectivity index (χ1) is 10.3. The van der Waals surface area contributed by atoms with Gasteiger partial charge in [0.1, 0.15) is 5.75 Å². The molecule has 2 aliphatic rings. The summed E-state index contributed by atoms with van der Waals surface area (Å²) in [6.45, 7) is 3.42. The van der Waals surface area contributed by atoms with Crippen molar-refractivity contribution in [1.82, 2.24) is 4.90 Å². The van der Waals surface area contributed by atoms with E-state index in [1.807, 2.05) is 12.1 Å². The molecule has 2 fully saturated rings. The van der Waals surface area contributed by atoms with E-state index in [0.29, 0.717) is 5.75 Å². The Bertz CT molecular complexity index is 457. The van der Waals surface area contributed by atoms with Gasteiger partial charge in [-0.25, -0.2) is 0 Å². The van der Waals surface area contributed by atoms with Gasteiger partial charge in [0.25, 0.3) is 0 Å². The Labute approximate surface area is 127 Å². The first kappa shape index (κ1) is 14.6. The van der Waals surface area contributed by atoms with E-state index >= 15 is 0 Å². The van der Waals surface area contributed by atoms with Crippen LogP contribution in [0.3, 0.4) is 0 Å². The first-order valence-electron chi connectivity index (χ1n) is 8.34. The summed E-state index contributed by atoms with van der Waals surface area (Å²) in [7, 11) is 0. The third-order valence-electron chi connectivity index (χ3n) is 4.69. The minimum Gasteiger partial charge on any atom is -0.426 e. The molecule has 1 saturated heterocycles. The third kappa shape index (κ3) is 4.07. The zero-order chi connectivity index (χ0) is 14.5. The van der Waals surface area contributed by atoms with Crippen molar-refractivity contribution >= 4 is 5.97 Å². The molecule has 0 radical (unpaired) electrons. The predicted molar refractivity (Wildman–Crippen MR) is 83.2 cm³/mol. The van der Waals surface area contributed by atoms with E-state index in [0.717, 1.165) is 25.8 Å². The van der Waals surface area contributed by atoms with Crippen LogP contribution < -0.4 is 4.74 Å². The quantitative estimate of drug-likeness (QED) is 0.623. The molecule has 0 amide bonds. The van der Waals surface area contributed by atoms with Crippen LogP contribution in [0.15, 0.2) is 24.3 Å². The van der Waals surface area contributed by atoms with E-state index in [-0.39, 0.29) is 11.9 Å². The maximum atomic E-state index is 11.8. The van der Waals surface area contributed by atoms with E-state index in [9.17, 15) is 4.79 Å². The van der Waals surface area contributed by atoms with Crippen molar-refractivity contribution in [3.8, 4) is 5.75 Å². The Kier molecular flexibility index (Phi) is 4.91. The second-order valence-electron chi connectivity index (χ2n) is 6.38. The molecule has 0 unspecified atom stereocenters. The molecule has 21 heavy (non-hydrogen) atoms. The second kappa shape index (κ2) is 7.08. The molecule has 1 aliphatic carbocycles. The van der Waals surface area contributed by atoms with Crippen LogP contribution in [0.2, 0.25) is 0 Å². The topological polar surface area (TPSA) is 29.5 Å². The van der Waals surface area contributed by atoms with Gasteiger partial charge in [-0.15, -0.1) is 0 Å². The average Bonchev–Trinajstić information content (AvgIpc) is 2.67. The van der Waals surface area contributed by atoms with E-state index < -0.39 is 0 Å². The standard InChI is InChI=1S/C18H25NO2/c20-18(16-6-5-7-16)21-17-10-8-15(9-11-17)14-19-12-3-1-2-4-13-19/h8-11,16H,1-7,12-14H2. The highest BCUT2D eigenvalue weighted by Crippen LogP contribution is 2.28. The third-order valence-corrected chi connectivity index (χ3v) is 4.69. The highest BCUT2D eigenvalue weighted by atomic mass is 16.5. The Morgan fingerprint density at radius 1 is 1.00 bits per heavy atom. The van der Waals surface area contributed by atoms with Gasteiger partial charge in [0, 0.05) is 6.54 Å². The Morgan fingerprint density at radius 2 is 1.67 bits per heavy atom. The lowest BCUT2D eigenvalue weighted by Crippen LogP contribution is -2.26. The van der Waals surface area contributed by atoms with Crippen molar-refractivity contribution in [1.29, 1.82) is 0 Å². The van der Waals surface area contributed by atoms with E-state index in [4.69, 9.17) is 4.74 Å². The number of hydrogen-bond acceptors (Lipinski definition) is 3. The smallest absolute Gasteiger partial charge is 0.314 e. The number of likely N-dealkylation sites (tertiary alicyclic amines) is 1. The first-order valence-corrected chi connectivity index (χ1v) is 8.34. The summed E-state index contributed by atoms with van der Waals surface area (Å²) in [5.41, 5.74) is 1.31. The Hall–Kier alpha value is -1.35. The summed E-state index contributed by atoms with van der Waals surface area (Å²) in [6.07, 6.45) is 8.51. The summed E-state index contributed by atoms with van der Waals surface area (Å²) in [6, 6.07) is 8.05. The number of ether oxygens (including phenoxy) is 1. The van der Waals surface area contributed by atoms with Gasteiger partial charge in [-0.2, -0.15) is 0 Å². The molecule has 1 heterocycles. The molecule has 3 heteroatoms. The Morgan fingerprint density at radius 3 is 2.24 bits per heavy atom. The fraction of sp³-hybridized carbons (Fsp3) is 0.611. The number of esters is 1. The van der Waals surface area contributed by atoms with Gasteiger partial charge < -0.3 is 4.74 Å². The van der Waals surface area contributed by atoms with Crippen molar-refractivity contribution in [2.75, 3.05) is 13.1 Å². The van der Waals surface area contributed by atoms with Gasteiger partial charge in [-0.05, 0) is 56.5 Å². The van der Waals surface area contributed by atoms with Crippen LogP contribution in [-0.4, -0.2) is 24.0 Å². The highest BCUT2D eigenvalue weighted by Gasteiger charge is 2.27. The molecule has 0 aromatic heterocycles. The summed E-state index contributed by atoms with van der Waals surface area (Å²) in [5.74, 6) is 0.773. The molecule has 1 saturated carbocycles. The number of nitrogens with zero attached hydrogens (tertiary/aromatic N) is 1. The minimum atomic E-state index is -0.0541. The van der Waals surface area contributed by atoms with Crippen molar-refractivity contribution < 1.29 is 9.53 Å². The van der Waals surface area contributed by atoms with E-state index in [2.05, 4.69) is 17.0 Å². The maximum Gasteiger partial charge on any atom is 0.314 e. The van der Waals surface area contributed by atoms with Crippen LogP contribution in [0.25, 0.3) is 0 Å². The number of carbonyl (C=O) groups is 1. The number of hydrogen-bond donors (Lipinski definition) is 0. The van der Waals surface area contributed by atoms with Crippen LogP contribution in [0.1, 0.15) is 50.5 Å². The molecular weight excluding hydrogens is 262 g/mol. The summed E-state index contributed by atoms with van der Waals surface area (Å²) in [5, 5.41) is 0. The minimum absolute atomic E-state index is 0.0541. The van der Waals surface area contributed by atoms with Gasteiger partial charge in [0.05, 0.1) is 5.92 Å². The van der Waals surface area contributed by atoms with E-state index in [1.165, 1.54) is 44.3 Å². The molecule has 1 aromatic rings. The van der Waals surface area contributed by atoms with E-state index in [1.54, 1.807) is 0 Å². The molecule has 0 spiro atoms. The van der Waals surface area contributed by atoms with Crippen LogP contribution in [-0.2, 0) is 11.3 Å². The number of carbonyl (C=O) groups excluding carboxylic acids is 1. The fourth-order valence-electron chi connectivity index (χ4n) is 3.06. The molecule has 0 bridgehead atoms. The normalized spacial score (nSPS) is 20.6. The lowest BCUT2D eigenvalue weighted by Gasteiger charge is -2.23. The van der Waals surface area contributed by atoms with Crippen molar-refractivity contribution in [3.05, 3.63) is 29.8 Å². The van der Waals surface area contributed by atoms with Crippen LogP contribution in [0, 0.1) is 5.92 Å². The largest absolute Gasteiger partial charge is 0.426 e.